The molecule has 1 heterocycles. The Kier molecular flexibility index (Phi) is 1.26. The summed E-state index contributed by atoms with van der Waals surface area (Å²) in [7, 11) is 0. The molecule has 0 aromatic carbocycles. The van der Waals surface area contributed by atoms with Crippen LogP contribution in [0.5, 0.6) is 0 Å². The molecule has 3 nitrogen and oxygen atoms in total. The van der Waals surface area contributed by atoms with Gasteiger partial charge in [-0.05, 0) is 12.8 Å². The standard InChI is InChI=1S/C8H11NO2/c9-5-8(6-10)7(11-8)3-1-2-4-7/h10H,1-4,6H2. The first-order chi connectivity index (χ1) is 5.29. The molecule has 2 fully saturated rings. The van der Waals surface area contributed by atoms with Crippen LogP contribution in [0.25, 0.3) is 0 Å². The Bertz CT molecular complexity index is 215. The molecule has 0 radical (unpaired) electrons. The van der Waals surface area contributed by atoms with E-state index in [0.29, 0.717) is 0 Å². The van der Waals surface area contributed by atoms with E-state index in [1.807, 2.05) is 0 Å². The van der Waals surface area contributed by atoms with Crippen molar-refractivity contribution in [2.24, 2.45) is 0 Å². The van der Waals surface area contributed by atoms with Crippen molar-refractivity contribution in [3.63, 3.8) is 0 Å². The molecule has 1 aliphatic heterocycles. The van der Waals surface area contributed by atoms with Gasteiger partial charge in [-0.3, -0.25) is 0 Å². The molecule has 2 rings (SSSR count). The van der Waals surface area contributed by atoms with E-state index in [0.717, 1.165) is 25.7 Å². The Labute approximate surface area is 65.6 Å². The lowest BCUT2D eigenvalue weighted by atomic mass is 9.93. The SMILES string of the molecule is N#CC1(CO)OC12CCCC2. The number of aliphatic hydroxyl groups excluding tert-OH is 1. The van der Waals surface area contributed by atoms with Crippen molar-refractivity contribution in [2.75, 3.05) is 6.61 Å². The summed E-state index contributed by atoms with van der Waals surface area (Å²) in [6.07, 6.45) is 4.15. The Morgan fingerprint density at radius 1 is 1.45 bits per heavy atom. The zero-order valence-electron chi connectivity index (χ0n) is 6.34. The molecule has 3 heteroatoms. The monoisotopic (exact) mass is 153 g/mol. The van der Waals surface area contributed by atoms with Crippen LogP contribution in [0, 0.1) is 11.3 Å². The quantitative estimate of drug-likeness (QED) is 0.561. The van der Waals surface area contributed by atoms with Crippen molar-refractivity contribution in [3.8, 4) is 6.07 Å². The largest absolute Gasteiger partial charge is 0.392 e. The molecule has 1 unspecified atom stereocenters. The van der Waals surface area contributed by atoms with Gasteiger partial charge in [-0.2, -0.15) is 5.26 Å². The second-order valence-electron chi connectivity index (χ2n) is 3.40. The van der Waals surface area contributed by atoms with Crippen LogP contribution < -0.4 is 0 Å². The van der Waals surface area contributed by atoms with E-state index >= 15 is 0 Å². The molecule has 1 aliphatic carbocycles. The number of nitriles is 1. The molecule has 1 saturated carbocycles. The number of rotatable bonds is 1. The molecule has 0 aromatic rings. The van der Waals surface area contributed by atoms with Crippen LogP contribution in [0.2, 0.25) is 0 Å². The van der Waals surface area contributed by atoms with Gasteiger partial charge in [-0.15, -0.1) is 0 Å². The smallest absolute Gasteiger partial charge is 0.206 e. The van der Waals surface area contributed by atoms with Gasteiger partial charge in [0.2, 0.25) is 5.60 Å². The zero-order valence-corrected chi connectivity index (χ0v) is 6.34. The van der Waals surface area contributed by atoms with Crippen molar-refractivity contribution in [2.45, 2.75) is 36.9 Å². The maximum Gasteiger partial charge on any atom is 0.206 e. The lowest BCUT2D eigenvalue weighted by Crippen LogP contribution is -2.25. The van der Waals surface area contributed by atoms with Gasteiger partial charge in [-0.25, -0.2) is 0 Å². The van der Waals surface area contributed by atoms with Gasteiger partial charge in [-0.1, -0.05) is 12.8 Å². The minimum Gasteiger partial charge on any atom is -0.392 e. The second kappa shape index (κ2) is 1.96. The molecule has 0 aromatic heterocycles. The molecule has 0 bridgehead atoms. The summed E-state index contributed by atoms with van der Waals surface area (Å²) in [5.41, 5.74) is -1.08. The third kappa shape index (κ3) is 0.688. The molecule has 60 valence electrons. The number of epoxide rings is 1. The molecule has 11 heavy (non-hydrogen) atoms. The maximum atomic E-state index is 8.93. The van der Waals surface area contributed by atoms with Crippen molar-refractivity contribution in [1.82, 2.24) is 0 Å². The Balaban J connectivity index is 2.17. The number of hydrogen-bond acceptors (Lipinski definition) is 3. The summed E-state index contributed by atoms with van der Waals surface area (Å²) in [6, 6.07) is 2.06. The third-order valence-corrected chi connectivity index (χ3v) is 2.88. The Hall–Kier alpha value is -0.590. The van der Waals surface area contributed by atoms with Gasteiger partial charge in [0.1, 0.15) is 11.7 Å². The van der Waals surface area contributed by atoms with Crippen LogP contribution in [-0.2, 0) is 4.74 Å². The predicted molar refractivity (Wildman–Crippen MR) is 37.7 cm³/mol. The van der Waals surface area contributed by atoms with Gasteiger partial charge in [0.15, 0.2) is 0 Å². The highest BCUT2D eigenvalue weighted by molar-refractivity contribution is 5.28. The van der Waals surface area contributed by atoms with E-state index in [1.54, 1.807) is 0 Å². The fraction of sp³-hybridized carbons (Fsp3) is 0.875. The fourth-order valence-electron chi connectivity index (χ4n) is 2.10. The van der Waals surface area contributed by atoms with Crippen LogP contribution in [-0.4, -0.2) is 22.9 Å². The first-order valence-electron chi connectivity index (χ1n) is 4.01. The van der Waals surface area contributed by atoms with Crippen molar-refractivity contribution < 1.29 is 9.84 Å². The van der Waals surface area contributed by atoms with Crippen molar-refractivity contribution in [1.29, 1.82) is 5.26 Å². The minimum atomic E-state index is -0.830. The summed E-state index contributed by atoms with van der Waals surface area (Å²) >= 11 is 0. The minimum absolute atomic E-state index is 0.149. The summed E-state index contributed by atoms with van der Waals surface area (Å²) in [4.78, 5) is 0. The lowest BCUT2D eigenvalue weighted by Gasteiger charge is -2.03. The normalized spacial score (nSPS) is 38.9. The Morgan fingerprint density at radius 3 is 2.45 bits per heavy atom. The van der Waals surface area contributed by atoms with E-state index in [2.05, 4.69) is 6.07 Å². The highest BCUT2D eigenvalue weighted by Gasteiger charge is 2.71. The molecular weight excluding hydrogens is 142 g/mol. The van der Waals surface area contributed by atoms with E-state index < -0.39 is 5.60 Å². The van der Waals surface area contributed by atoms with E-state index in [9.17, 15) is 0 Å². The van der Waals surface area contributed by atoms with Crippen LogP contribution >= 0.6 is 0 Å². The average molecular weight is 153 g/mol. The number of aliphatic hydroxyl groups is 1. The van der Waals surface area contributed by atoms with Crippen molar-refractivity contribution in [3.05, 3.63) is 0 Å². The highest BCUT2D eigenvalue weighted by atomic mass is 16.6. The topological polar surface area (TPSA) is 56.5 Å². The molecule has 0 amide bonds. The zero-order chi connectivity index (χ0) is 7.95. The van der Waals surface area contributed by atoms with Gasteiger partial charge >= 0.3 is 0 Å². The number of nitrogens with zero attached hydrogens (tertiary/aromatic N) is 1. The summed E-state index contributed by atoms with van der Waals surface area (Å²) < 4.78 is 5.34. The number of hydrogen-bond donors (Lipinski definition) is 1. The third-order valence-electron chi connectivity index (χ3n) is 2.88. The summed E-state index contributed by atoms with van der Waals surface area (Å²) in [5.74, 6) is 0. The van der Waals surface area contributed by atoms with Gasteiger partial charge in [0.05, 0.1) is 6.61 Å². The van der Waals surface area contributed by atoms with Crippen LogP contribution in [0.4, 0.5) is 0 Å². The van der Waals surface area contributed by atoms with Gasteiger partial charge in [0.25, 0.3) is 0 Å². The highest BCUT2D eigenvalue weighted by Crippen LogP contribution is 2.57. The molecule has 1 N–H and O–H groups in total. The first-order valence-corrected chi connectivity index (χ1v) is 4.01. The molecule has 1 spiro atoms. The second-order valence-corrected chi connectivity index (χ2v) is 3.40. The summed E-state index contributed by atoms with van der Waals surface area (Å²) in [6.45, 7) is -0.149. The van der Waals surface area contributed by atoms with E-state index in [1.165, 1.54) is 0 Å². The van der Waals surface area contributed by atoms with Crippen molar-refractivity contribution >= 4 is 0 Å². The molecule has 1 atom stereocenters. The Morgan fingerprint density at radius 2 is 2.09 bits per heavy atom. The number of ether oxygens (including phenoxy) is 1. The van der Waals surface area contributed by atoms with Crippen LogP contribution in [0.1, 0.15) is 25.7 Å². The summed E-state index contributed by atoms with van der Waals surface area (Å²) in [5, 5.41) is 17.7. The van der Waals surface area contributed by atoms with Gasteiger partial charge < -0.3 is 9.84 Å². The first kappa shape index (κ1) is 7.08. The molecular formula is C8H11NO2. The van der Waals surface area contributed by atoms with Crippen LogP contribution in [0.15, 0.2) is 0 Å². The van der Waals surface area contributed by atoms with Gasteiger partial charge in [0, 0.05) is 0 Å². The predicted octanol–water partition coefficient (Wildman–Crippen LogP) is 0.584. The molecule has 2 aliphatic rings. The fourth-order valence-corrected chi connectivity index (χ4v) is 2.10. The van der Waals surface area contributed by atoms with Crippen LogP contribution in [0.3, 0.4) is 0 Å². The lowest BCUT2D eigenvalue weighted by molar-refractivity contribution is 0.203. The molecule has 1 saturated heterocycles. The van der Waals surface area contributed by atoms with E-state index in [-0.39, 0.29) is 12.2 Å². The van der Waals surface area contributed by atoms with E-state index in [4.69, 9.17) is 15.1 Å². The maximum absolute atomic E-state index is 8.93. The average Bonchev–Trinajstić information content (AvgIpc) is 2.37.